The van der Waals surface area contributed by atoms with Crippen LogP contribution in [0.2, 0.25) is 0 Å². The third-order valence-corrected chi connectivity index (χ3v) is 4.06. The number of anilines is 3. The number of aromatic nitrogens is 4. The van der Waals surface area contributed by atoms with Crippen molar-refractivity contribution in [2.75, 3.05) is 38.0 Å². The molecule has 0 aliphatic rings. The van der Waals surface area contributed by atoms with Crippen LogP contribution in [0.5, 0.6) is 11.5 Å². The van der Waals surface area contributed by atoms with Crippen LogP contribution in [0, 0.1) is 0 Å². The van der Waals surface area contributed by atoms with E-state index in [2.05, 4.69) is 25.5 Å². The van der Waals surface area contributed by atoms with E-state index in [1.165, 1.54) is 5.56 Å². The minimum Gasteiger partial charge on any atom is -0.493 e. The van der Waals surface area contributed by atoms with Crippen molar-refractivity contribution in [2.45, 2.75) is 6.42 Å². The summed E-state index contributed by atoms with van der Waals surface area (Å²) in [5.74, 6) is 2.44. The number of nitrogens with one attached hydrogen (secondary N) is 1. The van der Waals surface area contributed by atoms with Crippen LogP contribution in [-0.2, 0) is 6.42 Å². The van der Waals surface area contributed by atoms with E-state index in [0.717, 1.165) is 24.5 Å². The SMILES string of the molecule is COc1ccc(Nc2nncc(N(C)CCc3ccncc3)n2)cc1OC. The zero-order chi connectivity index (χ0) is 19.1. The normalized spacial score (nSPS) is 10.3. The molecule has 0 unspecified atom stereocenters. The molecule has 0 radical (unpaired) electrons. The molecule has 1 aromatic carbocycles. The average molecular weight is 366 g/mol. The predicted molar refractivity (Wildman–Crippen MR) is 104 cm³/mol. The number of methoxy groups -OCH3 is 2. The third kappa shape index (κ3) is 4.81. The van der Waals surface area contributed by atoms with Crippen molar-refractivity contribution in [1.82, 2.24) is 20.2 Å². The highest BCUT2D eigenvalue weighted by atomic mass is 16.5. The van der Waals surface area contributed by atoms with Crippen LogP contribution in [0.25, 0.3) is 0 Å². The van der Waals surface area contributed by atoms with Gasteiger partial charge >= 0.3 is 0 Å². The fourth-order valence-electron chi connectivity index (χ4n) is 2.54. The molecule has 140 valence electrons. The van der Waals surface area contributed by atoms with E-state index in [-0.39, 0.29) is 0 Å². The van der Waals surface area contributed by atoms with Gasteiger partial charge in [-0.05, 0) is 36.2 Å². The summed E-state index contributed by atoms with van der Waals surface area (Å²) in [4.78, 5) is 10.6. The van der Waals surface area contributed by atoms with Crippen molar-refractivity contribution in [3.63, 3.8) is 0 Å². The number of benzene rings is 1. The first-order valence-corrected chi connectivity index (χ1v) is 8.48. The van der Waals surface area contributed by atoms with E-state index >= 15 is 0 Å². The zero-order valence-corrected chi connectivity index (χ0v) is 15.6. The smallest absolute Gasteiger partial charge is 0.249 e. The Labute approximate surface area is 158 Å². The van der Waals surface area contributed by atoms with E-state index in [9.17, 15) is 0 Å². The van der Waals surface area contributed by atoms with Gasteiger partial charge in [0.1, 0.15) is 0 Å². The Balaban J connectivity index is 1.68. The molecule has 2 aromatic heterocycles. The molecule has 3 rings (SSSR count). The number of rotatable bonds is 8. The molecule has 3 aromatic rings. The van der Waals surface area contributed by atoms with E-state index in [0.29, 0.717) is 17.4 Å². The predicted octanol–water partition coefficient (Wildman–Crippen LogP) is 2.71. The minimum absolute atomic E-state index is 0.412. The number of hydrogen-bond donors (Lipinski definition) is 1. The lowest BCUT2D eigenvalue weighted by Crippen LogP contribution is -2.22. The summed E-state index contributed by atoms with van der Waals surface area (Å²) < 4.78 is 10.6. The van der Waals surface area contributed by atoms with Gasteiger partial charge in [0.2, 0.25) is 5.95 Å². The Morgan fingerprint density at radius 1 is 1.04 bits per heavy atom. The lowest BCUT2D eigenvalue weighted by atomic mass is 10.2. The molecular formula is C19H22N6O2. The molecule has 0 fully saturated rings. The molecule has 0 spiro atoms. The molecule has 0 bridgehead atoms. The van der Waals surface area contributed by atoms with Crippen molar-refractivity contribution in [2.24, 2.45) is 0 Å². The second-order valence-electron chi connectivity index (χ2n) is 5.86. The molecule has 1 N–H and O–H groups in total. The average Bonchev–Trinajstić information content (AvgIpc) is 2.73. The monoisotopic (exact) mass is 366 g/mol. The maximum Gasteiger partial charge on any atom is 0.249 e. The summed E-state index contributed by atoms with van der Waals surface area (Å²) in [5, 5.41) is 11.2. The van der Waals surface area contributed by atoms with Gasteiger partial charge < -0.3 is 19.7 Å². The van der Waals surface area contributed by atoms with E-state index in [4.69, 9.17) is 9.47 Å². The summed E-state index contributed by atoms with van der Waals surface area (Å²) in [6.07, 6.45) is 6.13. The molecule has 0 aliphatic heterocycles. The van der Waals surface area contributed by atoms with Gasteiger partial charge in [-0.25, -0.2) is 0 Å². The number of hydrogen-bond acceptors (Lipinski definition) is 8. The molecule has 0 amide bonds. The van der Waals surface area contributed by atoms with Crippen LogP contribution in [0.1, 0.15) is 5.56 Å². The Kier molecular flexibility index (Phi) is 5.98. The molecule has 0 aliphatic carbocycles. The molecular weight excluding hydrogens is 344 g/mol. The first-order valence-electron chi connectivity index (χ1n) is 8.48. The Morgan fingerprint density at radius 2 is 1.81 bits per heavy atom. The fourth-order valence-corrected chi connectivity index (χ4v) is 2.54. The second kappa shape index (κ2) is 8.79. The fraction of sp³-hybridized carbons (Fsp3) is 0.263. The van der Waals surface area contributed by atoms with E-state index in [1.54, 1.807) is 32.8 Å². The van der Waals surface area contributed by atoms with Gasteiger partial charge in [-0.3, -0.25) is 4.98 Å². The number of nitrogens with zero attached hydrogens (tertiary/aromatic N) is 5. The van der Waals surface area contributed by atoms with E-state index < -0.39 is 0 Å². The van der Waals surface area contributed by atoms with Gasteiger partial charge in [0.05, 0.1) is 20.4 Å². The van der Waals surface area contributed by atoms with Gasteiger partial charge in [-0.2, -0.15) is 10.1 Å². The van der Waals surface area contributed by atoms with Crippen LogP contribution in [0.3, 0.4) is 0 Å². The lowest BCUT2D eigenvalue weighted by Gasteiger charge is -2.18. The summed E-state index contributed by atoms with van der Waals surface area (Å²) in [6.45, 7) is 0.804. The summed E-state index contributed by atoms with van der Waals surface area (Å²) in [7, 11) is 5.17. The van der Waals surface area contributed by atoms with Crippen LogP contribution in [0.15, 0.2) is 48.9 Å². The zero-order valence-electron chi connectivity index (χ0n) is 15.6. The highest BCUT2D eigenvalue weighted by molar-refractivity contribution is 5.60. The minimum atomic E-state index is 0.412. The van der Waals surface area contributed by atoms with Crippen molar-refractivity contribution >= 4 is 17.5 Å². The maximum absolute atomic E-state index is 5.32. The highest BCUT2D eigenvalue weighted by Crippen LogP contribution is 2.30. The molecule has 8 heteroatoms. The first-order chi connectivity index (χ1) is 13.2. The van der Waals surface area contributed by atoms with Crippen molar-refractivity contribution < 1.29 is 9.47 Å². The van der Waals surface area contributed by atoms with Crippen LogP contribution < -0.4 is 19.7 Å². The molecule has 0 saturated heterocycles. The number of likely N-dealkylation sites (N-methyl/N-ethyl adjacent to an activating group) is 1. The van der Waals surface area contributed by atoms with Crippen LogP contribution >= 0.6 is 0 Å². The van der Waals surface area contributed by atoms with Gasteiger partial charge in [-0.15, -0.1) is 5.10 Å². The maximum atomic E-state index is 5.32. The summed E-state index contributed by atoms with van der Waals surface area (Å²) in [5.41, 5.74) is 2.01. The Morgan fingerprint density at radius 3 is 2.56 bits per heavy atom. The topological polar surface area (TPSA) is 85.3 Å². The van der Waals surface area contributed by atoms with Crippen molar-refractivity contribution in [3.8, 4) is 11.5 Å². The van der Waals surface area contributed by atoms with Crippen LogP contribution in [-0.4, -0.2) is 48.0 Å². The standard InChI is InChI=1S/C19H22N6O2/c1-25(11-8-14-6-9-20-10-7-14)18-13-21-24-19(23-18)22-15-4-5-16(26-2)17(12-15)27-3/h4-7,9-10,12-13H,8,11H2,1-3H3,(H,22,23,24). The largest absolute Gasteiger partial charge is 0.493 e. The molecule has 2 heterocycles. The first kappa shape index (κ1) is 18.4. The van der Waals surface area contributed by atoms with Crippen molar-refractivity contribution in [3.05, 3.63) is 54.5 Å². The van der Waals surface area contributed by atoms with Crippen molar-refractivity contribution in [1.29, 1.82) is 0 Å². The molecule has 0 saturated carbocycles. The summed E-state index contributed by atoms with van der Waals surface area (Å²) in [6, 6.07) is 9.53. The van der Waals surface area contributed by atoms with Gasteiger partial charge in [0.25, 0.3) is 0 Å². The number of ether oxygens (including phenoxy) is 2. The molecule has 0 atom stereocenters. The lowest BCUT2D eigenvalue weighted by molar-refractivity contribution is 0.355. The third-order valence-electron chi connectivity index (χ3n) is 4.06. The Bertz CT molecular complexity index is 875. The highest BCUT2D eigenvalue weighted by Gasteiger charge is 2.09. The molecule has 27 heavy (non-hydrogen) atoms. The Hall–Kier alpha value is -3.42. The summed E-state index contributed by atoms with van der Waals surface area (Å²) >= 11 is 0. The van der Waals surface area contributed by atoms with Gasteiger partial charge in [0.15, 0.2) is 17.3 Å². The van der Waals surface area contributed by atoms with Gasteiger partial charge in [-0.1, -0.05) is 0 Å². The van der Waals surface area contributed by atoms with E-state index in [1.807, 2.05) is 42.3 Å². The van der Waals surface area contributed by atoms with Gasteiger partial charge in [0, 0.05) is 37.7 Å². The molecule has 8 nitrogen and oxygen atoms in total. The quantitative estimate of drug-likeness (QED) is 0.651. The van der Waals surface area contributed by atoms with Crippen LogP contribution in [0.4, 0.5) is 17.5 Å². The number of pyridine rings is 1. The second-order valence-corrected chi connectivity index (χ2v) is 5.86.